The maximum atomic E-state index is 12.7. The summed E-state index contributed by atoms with van der Waals surface area (Å²) in [6.07, 6.45) is -0.236. The van der Waals surface area contributed by atoms with Crippen LogP contribution < -0.4 is 4.74 Å². The van der Waals surface area contributed by atoms with Crippen LogP contribution in [0.25, 0.3) is 0 Å². The number of esters is 1. The van der Waals surface area contributed by atoms with Crippen LogP contribution in [0.2, 0.25) is 0 Å². The number of benzene rings is 2. The van der Waals surface area contributed by atoms with Gasteiger partial charge in [-0.25, -0.2) is 0 Å². The van der Waals surface area contributed by atoms with Gasteiger partial charge < -0.3 is 9.47 Å². The molecule has 2 aromatic rings. The molecule has 1 atom stereocenters. The Labute approximate surface area is 152 Å². The number of carbonyl (C=O) groups is 3. The number of rotatable bonds is 9. The second kappa shape index (κ2) is 9.51. The van der Waals surface area contributed by atoms with Crippen LogP contribution >= 0.6 is 0 Å². The van der Waals surface area contributed by atoms with Gasteiger partial charge in [0, 0.05) is 6.42 Å². The quantitative estimate of drug-likeness (QED) is 0.391. The molecule has 0 N–H and O–H groups in total. The maximum Gasteiger partial charge on any atom is 0.316 e. The zero-order valence-corrected chi connectivity index (χ0v) is 14.9. The van der Waals surface area contributed by atoms with Crippen molar-refractivity contribution in [1.29, 1.82) is 0 Å². The minimum atomic E-state index is -1.09. The molecule has 5 heteroatoms. The summed E-state index contributed by atoms with van der Waals surface area (Å²) in [5, 5.41) is 0. The van der Waals surface area contributed by atoms with Crippen molar-refractivity contribution in [2.45, 2.75) is 26.9 Å². The molecular formula is C21H22O5. The number of hydrogen-bond donors (Lipinski definition) is 0. The zero-order chi connectivity index (χ0) is 18.9. The first-order valence-electron chi connectivity index (χ1n) is 8.49. The Kier molecular flexibility index (Phi) is 7.09. The van der Waals surface area contributed by atoms with Crippen molar-refractivity contribution in [3.8, 4) is 5.75 Å². The molecule has 0 aliphatic carbocycles. The fourth-order valence-electron chi connectivity index (χ4n) is 2.49. The molecule has 0 aliphatic rings. The van der Waals surface area contributed by atoms with Crippen LogP contribution in [0.4, 0.5) is 0 Å². The largest absolute Gasteiger partial charge is 0.488 e. The van der Waals surface area contributed by atoms with Crippen LogP contribution in [0.5, 0.6) is 5.75 Å². The first-order valence-corrected chi connectivity index (χ1v) is 8.49. The van der Waals surface area contributed by atoms with Crippen molar-refractivity contribution in [3.63, 3.8) is 0 Å². The third-order valence-corrected chi connectivity index (χ3v) is 3.88. The smallest absolute Gasteiger partial charge is 0.316 e. The Morgan fingerprint density at radius 1 is 0.962 bits per heavy atom. The summed E-state index contributed by atoms with van der Waals surface area (Å²) >= 11 is 0. The van der Waals surface area contributed by atoms with Gasteiger partial charge in [0.25, 0.3) is 0 Å². The summed E-state index contributed by atoms with van der Waals surface area (Å²) < 4.78 is 10.7. The second-order valence-corrected chi connectivity index (χ2v) is 5.81. The highest BCUT2D eigenvalue weighted by atomic mass is 16.5. The van der Waals surface area contributed by atoms with Gasteiger partial charge in [-0.3, -0.25) is 14.4 Å². The standard InChI is InChI=1S/C21H22O5/c1-3-25-21(24)18(15(2)22)13-19(23)17-11-7-8-12-20(17)26-14-16-9-5-4-6-10-16/h4-12,18H,3,13-14H2,1-2H3. The molecule has 0 saturated carbocycles. The van der Waals surface area contributed by atoms with Crippen LogP contribution in [-0.2, 0) is 20.9 Å². The summed E-state index contributed by atoms with van der Waals surface area (Å²) in [6.45, 7) is 3.42. The van der Waals surface area contributed by atoms with Gasteiger partial charge in [0.1, 0.15) is 24.1 Å². The molecular weight excluding hydrogens is 332 g/mol. The van der Waals surface area contributed by atoms with E-state index in [9.17, 15) is 14.4 Å². The van der Waals surface area contributed by atoms with Gasteiger partial charge in [-0.05, 0) is 31.5 Å². The van der Waals surface area contributed by atoms with Crippen molar-refractivity contribution >= 4 is 17.5 Å². The van der Waals surface area contributed by atoms with Gasteiger partial charge in [0.15, 0.2) is 5.78 Å². The average Bonchev–Trinajstić information content (AvgIpc) is 2.65. The fraction of sp³-hybridized carbons (Fsp3) is 0.286. The highest BCUT2D eigenvalue weighted by molar-refractivity contribution is 6.06. The molecule has 0 aliphatic heterocycles. The van der Waals surface area contributed by atoms with E-state index in [2.05, 4.69) is 0 Å². The Morgan fingerprint density at radius 2 is 1.62 bits per heavy atom. The Bertz CT molecular complexity index is 767. The number of ether oxygens (including phenoxy) is 2. The lowest BCUT2D eigenvalue weighted by Gasteiger charge is -2.14. The van der Waals surface area contributed by atoms with E-state index in [0.717, 1.165) is 5.56 Å². The molecule has 2 aromatic carbocycles. The predicted molar refractivity (Wildman–Crippen MR) is 97.0 cm³/mol. The lowest BCUT2D eigenvalue weighted by molar-refractivity contribution is -0.151. The van der Waals surface area contributed by atoms with Gasteiger partial charge >= 0.3 is 5.97 Å². The molecule has 1 unspecified atom stereocenters. The molecule has 0 spiro atoms. The normalized spacial score (nSPS) is 11.5. The minimum absolute atomic E-state index is 0.160. The van der Waals surface area contributed by atoms with E-state index in [0.29, 0.717) is 17.9 Å². The summed E-state index contributed by atoms with van der Waals surface area (Å²) in [4.78, 5) is 36.3. The molecule has 0 aromatic heterocycles. The molecule has 26 heavy (non-hydrogen) atoms. The SMILES string of the molecule is CCOC(=O)C(CC(=O)c1ccccc1OCc1ccccc1)C(C)=O. The number of para-hydroxylation sites is 1. The minimum Gasteiger partial charge on any atom is -0.488 e. The Hall–Kier alpha value is -2.95. The molecule has 0 heterocycles. The highest BCUT2D eigenvalue weighted by Gasteiger charge is 2.29. The summed E-state index contributed by atoms with van der Waals surface area (Å²) in [5.74, 6) is -2.06. The van der Waals surface area contributed by atoms with Crippen LogP contribution in [0.15, 0.2) is 54.6 Å². The van der Waals surface area contributed by atoms with Gasteiger partial charge in [-0.2, -0.15) is 0 Å². The third kappa shape index (κ3) is 5.28. The second-order valence-electron chi connectivity index (χ2n) is 5.81. The van der Waals surface area contributed by atoms with Crippen molar-refractivity contribution in [1.82, 2.24) is 0 Å². The van der Waals surface area contributed by atoms with Crippen molar-refractivity contribution in [2.24, 2.45) is 5.92 Å². The van der Waals surface area contributed by atoms with Gasteiger partial charge in [-0.1, -0.05) is 42.5 Å². The Morgan fingerprint density at radius 3 is 2.27 bits per heavy atom. The predicted octanol–water partition coefficient (Wildman–Crippen LogP) is 3.61. The lowest BCUT2D eigenvalue weighted by Crippen LogP contribution is -2.27. The number of carbonyl (C=O) groups excluding carboxylic acids is 3. The van der Waals surface area contributed by atoms with E-state index in [1.165, 1.54) is 6.92 Å². The first-order chi connectivity index (χ1) is 12.5. The Balaban J connectivity index is 2.13. The molecule has 0 amide bonds. The number of hydrogen-bond acceptors (Lipinski definition) is 5. The van der Waals surface area contributed by atoms with E-state index >= 15 is 0 Å². The van der Waals surface area contributed by atoms with Crippen molar-refractivity contribution in [3.05, 3.63) is 65.7 Å². The molecule has 0 radical (unpaired) electrons. The van der Waals surface area contributed by atoms with Gasteiger partial charge in [-0.15, -0.1) is 0 Å². The first kappa shape index (κ1) is 19.4. The molecule has 136 valence electrons. The van der Waals surface area contributed by atoms with Crippen LogP contribution in [0, 0.1) is 5.92 Å². The zero-order valence-electron chi connectivity index (χ0n) is 14.9. The molecule has 0 saturated heterocycles. The third-order valence-electron chi connectivity index (χ3n) is 3.88. The van der Waals surface area contributed by atoms with E-state index in [1.807, 2.05) is 30.3 Å². The monoisotopic (exact) mass is 354 g/mol. The summed E-state index contributed by atoms with van der Waals surface area (Å²) in [7, 11) is 0. The van der Waals surface area contributed by atoms with E-state index < -0.39 is 11.9 Å². The topological polar surface area (TPSA) is 69.7 Å². The fourth-order valence-corrected chi connectivity index (χ4v) is 2.49. The molecule has 0 fully saturated rings. The van der Waals surface area contributed by atoms with Crippen LogP contribution in [-0.4, -0.2) is 24.1 Å². The molecule has 5 nitrogen and oxygen atoms in total. The molecule has 2 rings (SSSR count). The number of Topliss-reactive ketones (excluding diaryl/α,β-unsaturated/α-hetero) is 2. The van der Waals surface area contributed by atoms with Crippen molar-refractivity contribution in [2.75, 3.05) is 6.61 Å². The maximum absolute atomic E-state index is 12.7. The lowest BCUT2D eigenvalue weighted by atomic mass is 9.95. The average molecular weight is 354 g/mol. The van der Waals surface area contributed by atoms with Crippen LogP contribution in [0.1, 0.15) is 36.2 Å². The summed E-state index contributed by atoms with van der Waals surface area (Å²) in [5.41, 5.74) is 1.32. The van der Waals surface area contributed by atoms with E-state index in [1.54, 1.807) is 31.2 Å². The van der Waals surface area contributed by atoms with Crippen molar-refractivity contribution < 1.29 is 23.9 Å². The van der Waals surface area contributed by atoms with Crippen LogP contribution in [0.3, 0.4) is 0 Å². The molecule has 0 bridgehead atoms. The van der Waals surface area contributed by atoms with E-state index in [-0.39, 0.29) is 24.6 Å². The number of ketones is 2. The highest BCUT2D eigenvalue weighted by Crippen LogP contribution is 2.23. The summed E-state index contributed by atoms with van der Waals surface area (Å²) in [6, 6.07) is 16.4. The van der Waals surface area contributed by atoms with Gasteiger partial charge in [0.05, 0.1) is 12.2 Å². The van der Waals surface area contributed by atoms with Gasteiger partial charge in [0.2, 0.25) is 0 Å². The van der Waals surface area contributed by atoms with E-state index in [4.69, 9.17) is 9.47 Å².